The Morgan fingerprint density at radius 3 is 2.24 bits per heavy atom. The first-order valence-corrected chi connectivity index (χ1v) is 5.41. The predicted octanol–water partition coefficient (Wildman–Crippen LogP) is 3.15. The smallest absolute Gasteiger partial charge is 0.304 e. The summed E-state index contributed by atoms with van der Waals surface area (Å²) in [6.45, 7) is 5.89. The molecule has 0 N–H and O–H groups in total. The average Bonchev–Trinajstić information content (AvgIpc) is 2.09. The van der Waals surface area contributed by atoms with Gasteiger partial charge in [-0.25, -0.2) is 0 Å². The van der Waals surface area contributed by atoms with Crippen molar-refractivity contribution in [2.24, 2.45) is 0 Å². The van der Waals surface area contributed by atoms with Crippen molar-refractivity contribution in [2.45, 2.75) is 46.3 Å². The normalized spacial score (nSPS) is 12.2. The van der Waals surface area contributed by atoms with Crippen LogP contribution in [0.4, 0.5) is 13.2 Å². The van der Waals surface area contributed by atoms with Crippen LogP contribution in [0.5, 0.6) is 0 Å². The number of rotatable bonds is 2. The van der Waals surface area contributed by atoms with E-state index in [0.717, 1.165) is 15.7 Å². The third-order valence-corrected chi connectivity index (χ3v) is 2.74. The summed E-state index contributed by atoms with van der Waals surface area (Å²) in [6, 6.07) is 1.27. The van der Waals surface area contributed by atoms with Gasteiger partial charge in [0.05, 0.1) is 0 Å². The van der Waals surface area contributed by atoms with Gasteiger partial charge in [-0.2, -0.15) is 13.2 Å². The van der Waals surface area contributed by atoms with Crippen LogP contribution >= 0.6 is 0 Å². The maximum absolute atomic E-state index is 12.4. The fourth-order valence-electron chi connectivity index (χ4n) is 2.19. The zero-order valence-corrected chi connectivity index (χ0v) is 10.4. The topological polar surface area (TPSA) is 22.0 Å². The van der Waals surface area contributed by atoms with Gasteiger partial charge in [-0.15, -0.1) is 0 Å². The summed E-state index contributed by atoms with van der Waals surface area (Å²) in [5.74, 6) is 0.0927. The minimum absolute atomic E-state index is 0.0927. The van der Waals surface area contributed by atoms with Crippen molar-refractivity contribution in [3.8, 4) is 0 Å². The molecule has 1 aromatic heterocycles. The Bertz CT molecular complexity index is 472. The van der Waals surface area contributed by atoms with Gasteiger partial charge >= 0.3 is 6.18 Å². The summed E-state index contributed by atoms with van der Waals surface area (Å²) in [4.78, 5) is 11.6. The molecule has 1 heterocycles. The monoisotopic (exact) mass is 247 g/mol. The highest BCUT2D eigenvalue weighted by Gasteiger charge is 2.29. The van der Waals surface area contributed by atoms with E-state index in [9.17, 15) is 18.0 Å². The number of aromatic nitrogens is 1. The Morgan fingerprint density at radius 2 is 1.82 bits per heavy atom. The highest BCUT2D eigenvalue weighted by molar-refractivity contribution is 5.32. The molecule has 96 valence electrons. The second-order valence-corrected chi connectivity index (χ2v) is 4.52. The van der Waals surface area contributed by atoms with E-state index < -0.39 is 18.3 Å². The number of hydrogen-bond acceptors (Lipinski definition) is 1. The maximum atomic E-state index is 12.4. The molecular weight excluding hydrogens is 231 g/mol. The number of pyridine rings is 1. The molecule has 5 heteroatoms. The van der Waals surface area contributed by atoms with E-state index in [0.29, 0.717) is 5.69 Å². The first kappa shape index (κ1) is 13.8. The van der Waals surface area contributed by atoms with Crippen molar-refractivity contribution in [3.63, 3.8) is 0 Å². The van der Waals surface area contributed by atoms with Gasteiger partial charge in [0.1, 0.15) is 6.54 Å². The van der Waals surface area contributed by atoms with Crippen LogP contribution in [-0.4, -0.2) is 10.7 Å². The van der Waals surface area contributed by atoms with Crippen molar-refractivity contribution in [1.82, 2.24) is 4.57 Å². The average molecular weight is 247 g/mol. The van der Waals surface area contributed by atoms with E-state index in [4.69, 9.17) is 0 Å². The molecule has 0 aliphatic carbocycles. The Balaban J connectivity index is 3.41. The van der Waals surface area contributed by atoms with Gasteiger partial charge in [0, 0.05) is 11.8 Å². The molecule has 0 aromatic carbocycles. The number of aryl methyl sites for hydroxylation is 1. The van der Waals surface area contributed by atoms with Gasteiger partial charge in [0.2, 0.25) is 0 Å². The minimum Gasteiger partial charge on any atom is -0.304 e. The van der Waals surface area contributed by atoms with Crippen LogP contribution in [0, 0.1) is 13.8 Å². The molecule has 0 spiro atoms. The molecule has 0 saturated carbocycles. The fraction of sp³-hybridized carbons (Fsp3) is 0.583. The predicted molar refractivity (Wildman–Crippen MR) is 60.3 cm³/mol. The zero-order valence-electron chi connectivity index (χ0n) is 10.4. The summed E-state index contributed by atoms with van der Waals surface area (Å²) in [5, 5.41) is 0. The van der Waals surface area contributed by atoms with Gasteiger partial charge in [-0.1, -0.05) is 13.8 Å². The minimum atomic E-state index is -4.38. The number of halogens is 3. The number of nitrogens with zero attached hydrogens (tertiary/aromatic N) is 1. The van der Waals surface area contributed by atoms with Crippen LogP contribution in [0.25, 0.3) is 0 Å². The lowest BCUT2D eigenvalue weighted by atomic mass is 9.96. The van der Waals surface area contributed by atoms with Crippen LogP contribution in [0.15, 0.2) is 10.9 Å². The second-order valence-electron chi connectivity index (χ2n) is 4.52. The number of alkyl halides is 3. The molecule has 0 bridgehead atoms. The summed E-state index contributed by atoms with van der Waals surface area (Å²) < 4.78 is 37.9. The fourth-order valence-corrected chi connectivity index (χ4v) is 2.19. The third kappa shape index (κ3) is 3.11. The molecule has 0 aliphatic heterocycles. The van der Waals surface area contributed by atoms with Crippen LogP contribution in [0.1, 0.15) is 36.6 Å². The first-order chi connectivity index (χ1) is 7.63. The lowest BCUT2D eigenvalue weighted by Gasteiger charge is -2.19. The van der Waals surface area contributed by atoms with Gasteiger partial charge in [-0.3, -0.25) is 4.79 Å². The summed E-state index contributed by atoms with van der Waals surface area (Å²) in [6.07, 6.45) is -4.38. The molecule has 17 heavy (non-hydrogen) atoms. The number of hydrogen-bond donors (Lipinski definition) is 0. The molecule has 1 rings (SSSR count). The van der Waals surface area contributed by atoms with Crippen LogP contribution in [-0.2, 0) is 6.54 Å². The lowest BCUT2D eigenvalue weighted by molar-refractivity contribution is -0.141. The molecule has 2 nitrogen and oxygen atoms in total. The van der Waals surface area contributed by atoms with E-state index in [2.05, 4.69) is 0 Å². The Labute approximate surface area is 98.1 Å². The van der Waals surface area contributed by atoms with Gasteiger partial charge < -0.3 is 4.57 Å². The highest BCUT2D eigenvalue weighted by atomic mass is 19.4. The maximum Gasteiger partial charge on any atom is 0.406 e. The van der Waals surface area contributed by atoms with Gasteiger partial charge in [0.25, 0.3) is 5.56 Å². The SMILES string of the molecule is Cc1cc(=O)n(CC(F)(F)F)c(C)c1C(C)C. The quantitative estimate of drug-likeness (QED) is 0.786. The molecule has 0 saturated heterocycles. The molecule has 0 amide bonds. The molecule has 0 radical (unpaired) electrons. The van der Waals surface area contributed by atoms with E-state index in [-0.39, 0.29) is 5.92 Å². The molecule has 0 aliphatic rings. The zero-order chi connectivity index (χ0) is 13.4. The second kappa shape index (κ2) is 4.55. The summed E-state index contributed by atoms with van der Waals surface area (Å²) in [7, 11) is 0. The summed E-state index contributed by atoms with van der Waals surface area (Å²) in [5.41, 5.74) is 1.37. The molecular formula is C12H16F3NO. The Kier molecular flexibility index (Phi) is 3.69. The standard InChI is InChI=1S/C12H16F3NO/c1-7(2)11-8(3)5-10(17)16(9(11)4)6-12(13,14)15/h5,7H,6H2,1-4H3. The van der Waals surface area contributed by atoms with Crippen molar-refractivity contribution >= 4 is 0 Å². The molecule has 1 aromatic rings. The molecule has 0 atom stereocenters. The Hall–Kier alpha value is -1.26. The Morgan fingerprint density at radius 1 is 1.29 bits per heavy atom. The highest BCUT2D eigenvalue weighted by Crippen LogP contribution is 2.24. The van der Waals surface area contributed by atoms with Crippen molar-refractivity contribution in [3.05, 3.63) is 33.2 Å². The lowest BCUT2D eigenvalue weighted by Crippen LogP contribution is -2.31. The van der Waals surface area contributed by atoms with Crippen molar-refractivity contribution < 1.29 is 13.2 Å². The third-order valence-electron chi connectivity index (χ3n) is 2.74. The van der Waals surface area contributed by atoms with Crippen molar-refractivity contribution in [1.29, 1.82) is 0 Å². The van der Waals surface area contributed by atoms with E-state index >= 15 is 0 Å². The molecule has 0 fully saturated rings. The van der Waals surface area contributed by atoms with Crippen LogP contribution in [0.3, 0.4) is 0 Å². The van der Waals surface area contributed by atoms with E-state index in [1.54, 1.807) is 13.8 Å². The van der Waals surface area contributed by atoms with E-state index in [1.807, 2.05) is 13.8 Å². The van der Waals surface area contributed by atoms with Crippen LogP contribution < -0.4 is 5.56 Å². The van der Waals surface area contributed by atoms with Crippen molar-refractivity contribution in [2.75, 3.05) is 0 Å². The van der Waals surface area contributed by atoms with E-state index in [1.165, 1.54) is 6.07 Å². The van der Waals surface area contributed by atoms with Gasteiger partial charge in [0.15, 0.2) is 0 Å². The first-order valence-electron chi connectivity index (χ1n) is 5.41. The molecule has 0 unspecified atom stereocenters. The summed E-state index contributed by atoms with van der Waals surface area (Å²) >= 11 is 0. The largest absolute Gasteiger partial charge is 0.406 e. The van der Waals surface area contributed by atoms with Gasteiger partial charge in [-0.05, 0) is 30.9 Å². The van der Waals surface area contributed by atoms with Crippen LogP contribution in [0.2, 0.25) is 0 Å².